The maximum atomic E-state index is 12.8. The fourth-order valence-corrected chi connectivity index (χ4v) is 2.02. The fraction of sp³-hybridized carbons (Fsp3) is 0.533. The molecule has 1 aliphatic rings. The zero-order chi connectivity index (χ0) is 16.2. The van der Waals surface area contributed by atoms with Gasteiger partial charge in [-0.2, -0.15) is 13.2 Å². The van der Waals surface area contributed by atoms with E-state index < -0.39 is 23.8 Å². The maximum Gasteiger partial charge on any atom is 0.416 e. The topological polar surface area (TPSA) is 58.6 Å². The summed E-state index contributed by atoms with van der Waals surface area (Å²) >= 11 is 0. The first-order chi connectivity index (χ1) is 10.4. The molecule has 1 atom stereocenters. The lowest BCUT2D eigenvalue weighted by atomic mass is 10.0. The summed E-state index contributed by atoms with van der Waals surface area (Å²) in [7, 11) is 0. The molecule has 2 rings (SSSR count). The Balaban J connectivity index is 1.83. The third-order valence-corrected chi connectivity index (χ3v) is 3.40. The summed E-state index contributed by atoms with van der Waals surface area (Å²) in [4.78, 5) is 11.5. The summed E-state index contributed by atoms with van der Waals surface area (Å²) < 4.78 is 43.7. The summed E-state index contributed by atoms with van der Waals surface area (Å²) in [5, 5.41) is 12.3. The first-order valence-electron chi connectivity index (χ1n) is 7.06. The first-order valence-corrected chi connectivity index (χ1v) is 7.06. The number of amides is 1. The van der Waals surface area contributed by atoms with Gasteiger partial charge in [0.1, 0.15) is 6.61 Å². The molecule has 1 unspecified atom stereocenters. The third kappa shape index (κ3) is 4.99. The predicted molar refractivity (Wildman–Crippen MR) is 73.0 cm³/mol. The van der Waals surface area contributed by atoms with Crippen molar-refractivity contribution in [2.24, 2.45) is 5.92 Å². The van der Waals surface area contributed by atoms with Crippen molar-refractivity contribution in [3.8, 4) is 0 Å². The van der Waals surface area contributed by atoms with Gasteiger partial charge in [-0.3, -0.25) is 4.79 Å². The van der Waals surface area contributed by atoms with Crippen LogP contribution < -0.4 is 5.32 Å². The molecular weight excluding hydrogens is 299 g/mol. The van der Waals surface area contributed by atoms with Crippen LogP contribution in [0.25, 0.3) is 0 Å². The normalized spacial score (nSPS) is 16.4. The Labute approximate surface area is 126 Å². The number of halogens is 3. The number of nitrogens with one attached hydrogen (secondary N) is 1. The van der Waals surface area contributed by atoms with Gasteiger partial charge in [-0.05, 0) is 30.4 Å². The lowest BCUT2D eigenvalue weighted by molar-refractivity contribution is -0.139. The van der Waals surface area contributed by atoms with E-state index >= 15 is 0 Å². The molecule has 0 radical (unpaired) electrons. The smallest absolute Gasteiger partial charge is 0.387 e. The van der Waals surface area contributed by atoms with Gasteiger partial charge >= 0.3 is 6.18 Å². The Bertz CT molecular complexity index is 515. The second-order valence-electron chi connectivity index (χ2n) is 5.36. The van der Waals surface area contributed by atoms with Crippen LogP contribution in [-0.2, 0) is 15.7 Å². The summed E-state index contributed by atoms with van der Waals surface area (Å²) in [5.74, 6) is 0.0706. The average molecular weight is 317 g/mol. The van der Waals surface area contributed by atoms with Crippen LogP contribution in [-0.4, -0.2) is 30.8 Å². The van der Waals surface area contributed by atoms with Crippen molar-refractivity contribution < 1.29 is 27.8 Å². The second-order valence-corrected chi connectivity index (χ2v) is 5.36. The Hall–Kier alpha value is -1.60. The Morgan fingerprint density at radius 3 is 2.68 bits per heavy atom. The highest BCUT2D eigenvalue weighted by molar-refractivity contribution is 5.77. The Kier molecular flexibility index (Phi) is 5.42. The minimum Gasteiger partial charge on any atom is -0.387 e. The highest BCUT2D eigenvalue weighted by atomic mass is 19.4. The van der Waals surface area contributed by atoms with Gasteiger partial charge < -0.3 is 15.2 Å². The molecule has 0 bridgehead atoms. The van der Waals surface area contributed by atoms with Crippen LogP contribution in [0.5, 0.6) is 0 Å². The van der Waals surface area contributed by atoms with Crippen molar-refractivity contribution in [1.29, 1.82) is 0 Å². The Morgan fingerprint density at radius 2 is 2.05 bits per heavy atom. The predicted octanol–water partition coefficient (Wildman–Crippen LogP) is 2.28. The highest BCUT2D eigenvalue weighted by Crippen LogP contribution is 2.34. The lowest BCUT2D eigenvalue weighted by Gasteiger charge is -2.17. The van der Waals surface area contributed by atoms with E-state index in [9.17, 15) is 23.1 Å². The molecule has 22 heavy (non-hydrogen) atoms. The number of hydrogen-bond acceptors (Lipinski definition) is 3. The summed E-state index contributed by atoms with van der Waals surface area (Å²) in [5.41, 5.74) is -1.16. The number of rotatable bonds is 7. The van der Waals surface area contributed by atoms with Gasteiger partial charge in [0.25, 0.3) is 0 Å². The Morgan fingerprint density at radius 1 is 1.36 bits per heavy atom. The van der Waals surface area contributed by atoms with Gasteiger partial charge in [0, 0.05) is 6.54 Å². The average Bonchev–Trinajstić information content (AvgIpc) is 3.28. The number of hydrogen-bond donors (Lipinski definition) is 2. The van der Waals surface area contributed by atoms with Gasteiger partial charge in [-0.15, -0.1) is 0 Å². The summed E-state index contributed by atoms with van der Waals surface area (Å²) in [6, 6.07) is 4.76. The van der Waals surface area contributed by atoms with E-state index in [1.165, 1.54) is 18.2 Å². The largest absolute Gasteiger partial charge is 0.416 e. The molecule has 4 nitrogen and oxygen atoms in total. The molecule has 1 aromatic rings. The van der Waals surface area contributed by atoms with Crippen molar-refractivity contribution in [2.45, 2.75) is 25.1 Å². The molecule has 0 heterocycles. The van der Waals surface area contributed by atoms with E-state index in [1.54, 1.807) is 0 Å². The van der Waals surface area contributed by atoms with E-state index in [1.807, 2.05) is 0 Å². The number of aliphatic hydroxyl groups is 1. The molecule has 7 heteroatoms. The van der Waals surface area contributed by atoms with Crippen LogP contribution in [0.1, 0.15) is 30.1 Å². The number of alkyl halides is 3. The minimum atomic E-state index is -4.55. The quantitative estimate of drug-likeness (QED) is 0.811. The van der Waals surface area contributed by atoms with Gasteiger partial charge in [0.15, 0.2) is 0 Å². The molecule has 1 aromatic carbocycles. The van der Waals surface area contributed by atoms with E-state index in [2.05, 4.69) is 5.32 Å². The second kappa shape index (κ2) is 7.11. The lowest BCUT2D eigenvalue weighted by Crippen LogP contribution is -2.32. The molecule has 1 amide bonds. The molecule has 1 aliphatic carbocycles. The van der Waals surface area contributed by atoms with Crippen molar-refractivity contribution in [2.75, 3.05) is 19.8 Å². The highest BCUT2D eigenvalue weighted by Gasteiger charge is 2.34. The standard InChI is InChI=1S/C15H18F3NO3/c16-15(17,18)12-4-2-1-3-11(12)13(20)7-19-14(21)9-22-8-10-5-6-10/h1-4,10,13,20H,5-9H2,(H,19,21). The van der Waals surface area contributed by atoms with Crippen LogP contribution >= 0.6 is 0 Å². The fourth-order valence-electron chi connectivity index (χ4n) is 2.02. The van der Waals surface area contributed by atoms with Crippen molar-refractivity contribution in [3.05, 3.63) is 35.4 Å². The maximum absolute atomic E-state index is 12.8. The number of ether oxygens (including phenoxy) is 1. The minimum absolute atomic E-state index is 0.149. The molecular formula is C15H18F3NO3. The van der Waals surface area contributed by atoms with Crippen LogP contribution in [0.2, 0.25) is 0 Å². The van der Waals surface area contributed by atoms with Crippen molar-refractivity contribution in [3.63, 3.8) is 0 Å². The van der Waals surface area contributed by atoms with E-state index in [0.29, 0.717) is 12.5 Å². The number of aliphatic hydroxyl groups excluding tert-OH is 1. The first kappa shape index (κ1) is 16.8. The van der Waals surface area contributed by atoms with Gasteiger partial charge in [-0.25, -0.2) is 0 Å². The molecule has 122 valence electrons. The van der Waals surface area contributed by atoms with Crippen LogP contribution in [0.3, 0.4) is 0 Å². The van der Waals surface area contributed by atoms with Gasteiger partial charge in [0.2, 0.25) is 5.91 Å². The van der Waals surface area contributed by atoms with Crippen LogP contribution in [0.4, 0.5) is 13.2 Å². The van der Waals surface area contributed by atoms with E-state index in [-0.39, 0.29) is 18.7 Å². The van der Waals surface area contributed by atoms with Crippen molar-refractivity contribution >= 4 is 5.91 Å². The summed E-state index contributed by atoms with van der Waals surface area (Å²) in [6.07, 6.45) is -3.76. The zero-order valence-electron chi connectivity index (χ0n) is 11.9. The molecule has 0 aliphatic heterocycles. The number of carbonyl (C=O) groups is 1. The zero-order valence-corrected chi connectivity index (χ0v) is 11.9. The van der Waals surface area contributed by atoms with E-state index in [0.717, 1.165) is 18.9 Å². The molecule has 1 fully saturated rings. The number of carbonyl (C=O) groups excluding carboxylic acids is 1. The van der Waals surface area contributed by atoms with E-state index in [4.69, 9.17) is 4.74 Å². The molecule has 0 aromatic heterocycles. The van der Waals surface area contributed by atoms with Crippen molar-refractivity contribution in [1.82, 2.24) is 5.32 Å². The molecule has 0 spiro atoms. The SMILES string of the molecule is O=C(COCC1CC1)NCC(O)c1ccccc1C(F)(F)F. The molecule has 1 saturated carbocycles. The van der Waals surface area contributed by atoms with Gasteiger partial charge in [-0.1, -0.05) is 18.2 Å². The summed E-state index contributed by atoms with van der Waals surface area (Å²) in [6.45, 7) is 0.0791. The molecule has 2 N–H and O–H groups in total. The number of benzene rings is 1. The monoisotopic (exact) mass is 317 g/mol. The molecule has 0 saturated heterocycles. The van der Waals surface area contributed by atoms with Crippen LogP contribution in [0, 0.1) is 5.92 Å². The van der Waals surface area contributed by atoms with Crippen LogP contribution in [0.15, 0.2) is 24.3 Å². The third-order valence-electron chi connectivity index (χ3n) is 3.40. The van der Waals surface area contributed by atoms with Gasteiger partial charge in [0.05, 0.1) is 18.3 Å².